The fraction of sp³-hybridized carbons (Fsp3) is 0.722. The second-order valence-corrected chi connectivity index (χ2v) is 7.73. The van der Waals surface area contributed by atoms with Crippen LogP contribution in [0.15, 0.2) is 12.3 Å². The van der Waals surface area contributed by atoms with E-state index < -0.39 is 5.97 Å². The van der Waals surface area contributed by atoms with Gasteiger partial charge < -0.3 is 15.3 Å². The van der Waals surface area contributed by atoms with Crippen molar-refractivity contribution in [3.05, 3.63) is 18.0 Å². The van der Waals surface area contributed by atoms with Crippen molar-refractivity contribution in [2.75, 3.05) is 24.5 Å². The van der Waals surface area contributed by atoms with Gasteiger partial charge in [-0.05, 0) is 43.6 Å². The normalized spacial score (nSPS) is 27.0. The minimum atomic E-state index is -0.720. The fourth-order valence-electron chi connectivity index (χ4n) is 4.62. The average molecular weight is 330 g/mol. The highest BCUT2D eigenvalue weighted by Gasteiger charge is 2.43. The standard InChI is InChI=1S/C18H26N4O2/c23-16(24)15-11-18(12-20-15)6-9-22(10-7-18)17-19-8-5-14(21-17)13-3-1-2-4-13/h5,8,13,15,20H,1-4,6-7,9-12H2,(H,23,24). The molecule has 3 fully saturated rings. The molecule has 1 aromatic heterocycles. The summed E-state index contributed by atoms with van der Waals surface area (Å²) >= 11 is 0. The number of aromatic nitrogens is 2. The molecule has 1 spiro atoms. The Hall–Kier alpha value is -1.69. The number of piperidine rings is 1. The van der Waals surface area contributed by atoms with Gasteiger partial charge in [0, 0.05) is 37.4 Å². The lowest BCUT2D eigenvalue weighted by Gasteiger charge is -2.39. The Morgan fingerprint density at radius 1 is 1.29 bits per heavy atom. The summed E-state index contributed by atoms with van der Waals surface area (Å²) in [7, 11) is 0. The predicted octanol–water partition coefficient (Wildman–Crippen LogP) is 2.17. The summed E-state index contributed by atoms with van der Waals surface area (Å²) in [4.78, 5) is 22.8. The van der Waals surface area contributed by atoms with Gasteiger partial charge >= 0.3 is 5.97 Å². The number of anilines is 1. The highest BCUT2D eigenvalue weighted by atomic mass is 16.4. The average Bonchev–Trinajstić information content (AvgIpc) is 3.26. The molecule has 3 heterocycles. The molecule has 1 aliphatic carbocycles. The Bertz CT molecular complexity index is 607. The van der Waals surface area contributed by atoms with Crippen LogP contribution in [0.3, 0.4) is 0 Å². The van der Waals surface area contributed by atoms with E-state index in [4.69, 9.17) is 4.98 Å². The molecule has 6 nitrogen and oxygen atoms in total. The van der Waals surface area contributed by atoms with Gasteiger partial charge in [-0.25, -0.2) is 9.97 Å². The molecule has 1 saturated carbocycles. The van der Waals surface area contributed by atoms with Crippen LogP contribution >= 0.6 is 0 Å². The predicted molar refractivity (Wildman–Crippen MR) is 91.2 cm³/mol. The molecule has 24 heavy (non-hydrogen) atoms. The number of carboxylic acids is 1. The minimum absolute atomic E-state index is 0.141. The van der Waals surface area contributed by atoms with E-state index >= 15 is 0 Å². The molecule has 0 amide bonds. The summed E-state index contributed by atoms with van der Waals surface area (Å²) in [6.07, 6.45) is 9.81. The van der Waals surface area contributed by atoms with Gasteiger partial charge in [-0.3, -0.25) is 4.79 Å². The number of carbonyl (C=O) groups is 1. The highest BCUT2D eigenvalue weighted by molar-refractivity contribution is 5.74. The van der Waals surface area contributed by atoms with Crippen molar-refractivity contribution in [3.8, 4) is 0 Å². The minimum Gasteiger partial charge on any atom is -0.480 e. The summed E-state index contributed by atoms with van der Waals surface area (Å²) in [5.74, 6) is 0.745. The first-order valence-corrected chi connectivity index (χ1v) is 9.19. The third kappa shape index (κ3) is 2.99. The monoisotopic (exact) mass is 330 g/mol. The van der Waals surface area contributed by atoms with Gasteiger partial charge in [0.2, 0.25) is 5.95 Å². The van der Waals surface area contributed by atoms with Crippen LogP contribution < -0.4 is 10.2 Å². The van der Waals surface area contributed by atoms with Crippen molar-refractivity contribution in [2.24, 2.45) is 5.41 Å². The van der Waals surface area contributed by atoms with E-state index in [0.717, 1.165) is 44.8 Å². The van der Waals surface area contributed by atoms with Gasteiger partial charge in [0.25, 0.3) is 0 Å². The quantitative estimate of drug-likeness (QED) is 0.884. The van der Waals surface area contributed by atoms with Crippen LogP contribution in [0.5, 0.6) is 0 Å². The van der Waals surface area contributed by atoms with Gasteiger partial charge in [0.05, 0.1) is 0 Å². The molecule has 0 aromatic carbocycles. The Labute approximate surface area is 142 Å². The van der Waals surface area contributed by atoms with E-state index in [-0.39, 0.29) is 11.5 Å². The smallest absolute Gasteiger partial charge is 0.320 e. The maximum absolute atomic E-state index is 11.2. The zero-order valence-corrected chi connectivity index (χ0v) is 14.1. The maximum atomic E-state index is 11.2. The molecule has 3 aliphatic rings. The molecule has 6 heteroatoms. The lowest BCUT2D eigenvalue weighted by Crippen LogP contribution is -2.42. The number of carboxylic acid groups (broad SMARTS) is 1. The van der Waals surface area contributed by atoms with Gasteiger partial charge in [0.1, 0.15) is 6.04 Å². The van der Waals surface area contributed by atoms with Crippen molar-refractivity contribution in [1.29, 1.82) is 0 Å². The summed E-state index contributed by atoms with van der Waals surface area (Å²) in [5.41, 5.74) is 1.34. The Kier molecular flexibility index (Phi) is 4.16. The van der Waals surface area contributed by atoms with Crippen molar-refractivity contribution >= 4 is 11.9 Å². The van der Waals surface area contributed by atoms with Gasteiger partial charge in [-0.15, -0.1) is 0 Å². The van der Waals surface area contributed by atoms with Crippen molar-refractivity contribution in [3.63, 3.8) is 0 Å². The highest BCUT2D eigenvalue weighted by Crippen LogP contribution is 2.40. The molecule has 130 valence electrons. The number of nitrogens with zero attached hydrogens (tertiary/aromatic N) is 3. The van der Waals surface area contributed by atoms with E-state index in [9.17, 15) is 9.90 Å². The molecule has 1 aromatic rings. The van der Waals surface area contributed by atoms with Crippen LogP contribution in [0.4, 0.5) is 5.95 Å². The fourth-order valence-corrected chi connectivity index (χ4v) is 4.62. The first-order chi connectivity index (χ1) is 11.7. The Morgan fingerprint density at radius 3 is 2.71 bits per heavy atom. The SMILES string of the molecule is O=C(O)C1CC2(CCN(c3nccc(C4CCCC4)n3)CC2)CN1. The molecule has 1 unspecified atom stereocenters. The molecule has 1 atom stereocenters. The first-order valence-electron chi connectivity index (χ1n) is 9.19. The van der Waals surface area contributed by atoms with E-state index in [0.29, 0.717) is 5.92 Å². The van der Waals surface area contributed by atoms with E-state index in [1.54, 1.807) is 0 Å². The van der Waals surface area contributed by atoms with Crippen LogP contribution in [0.2, 0.25) is 0 Å². The van der Waals surface area contributed by atoms with Gasteiger partial charge in [-0.2, -0.15) is 0 Å². The second kappa shape index (κ2) is 6.31. The van der Waals surface area contributed by atoms with Gasteiger partial charge in [0.15, 0.2) is 0 Å². The van der Waals surface area contributed by atoms with Crippen LogP contribution in [0.25, 0.3) is 0 Å². The molecule has 2 aliphatic heterocycles. The summed E-state index contributed by atoms with van der Waals surface area (Å²) in [6.45, 7) is 2.66. The van der Waals surface area contributed by atoms with Crippen LogP contribution in [0.1, 0.15) is 56.6 Å². The maximum Gasteiger partial charge on any atom is 0.320 e. The largest absolute Gasteiger partial charge is 0.480 e. The summed E-state index contributed by atoms with van der Waals surface area (Å²) in [6, 6.07) is 1.70. The van der Waals surface area contributed by atoms with E-state index in [1.165, 1.54) is 31.4 Å². The zero-order valence-electron chi connectivity index (χ0n) is 14.1. The Balaban J connectivity index is 1.41. The topological polar surface area (TPSA) is 78.3 Å². The van der Waals surface area contributed by atoms with Crippen molar-refractivity contribution in [2.45, 2.75) is 56.9 Å². The lowest BCUT2D eigenvalue weighted by molar-refractivity contribution is -0.139. The molecule has 4 rings (SSSR count). The molecule has 0 radical (unpaired) electrons. The molecular formula is C18H26N4O2. The van der Waals surface area contributed by atoms with Gasteiger partial charge in [-0.1, -0.05) is 12.8 Å². The number of rotatable bonds is 3. The third-order valence-corrected chi connectivity index (χ3v) is 6.20. The van der Waals surface area contributed by atoms with E-state index in [2.05, 4.69) is 21.3 Å². The molecule has 2 saturated heterocycles. The Morgan fingerprint density at radius 2 is 2.04 bits per heavy atom. The zero-order chi connectivity index (χ0) is 16.6. The van der Waals surface area contributed by atoms with Crippen molar-refractivity contribution < 1.29 is 9.90 Å². The van der Waals surface area contributed by atoms with Crippen LogP contribution in [0, 0.1) is 5.41 Å². The number of hydrogen-bond donors (Lipinski definition) is 2. The van der Waals surface area contributed by atoms with Crippen LogP contribution in [-0.2, 0) is 4.79 Å². The molecule has 2 N–H and O–H groups in total. The first kappa shape index (κ1) is 15.8. The van der Waals surface area contributed by atoms with E-state index in [1.807, 2.05) is 6.20 Å². The summed E-state index contributed by atoms with van der Waals surface area (Å²) < 4.78 is 0. The third-order valence-electron chi connectivity index (χ3n) is 6.20. The molecule has 0 bridgehead atoms. The number of nitrogens with one attached hydrogen (secondary N) is 1. The number of aliphatic carboxylic acids is 1. The van der Waals surface area contributed by atoms with Crippen LogP contribution in [-0.4, -0.2) is 46.7 Å². The second-order valence-electron chi connectivity index (χ2n) is 7.73. The molecular weight excluding hydrogens is 304 g/mol. The van der Waals surface area contributed by atoms with Crippen molar-refractivity contribution in [1.82, 2.24) is 15.3 Å². The lowest BCUT2D eigenvalue weighted by atomic mass is 9.76. The number of hydrogen-bond acceptors (Lipinski definition) is 5. The summed E-state index contributed by atoms with van der Waals surface area (Å²) in [5, 5.41) is 12.4.